The summed E-state index contributed by atoms with van der Waals surface area (Å²) in [7, 11) is 0. The second-order valence-corrected chi connectivity index (χ2v) is 16.4. The van der Waals surface area contributed by atoms with Crippen LogP contribution in [0, 0.1) is 0 Å². The Kier molecular flexibility index (Phi) is 6.27. The molecule has 0 amide bonds. The number of fused-ring (bicyclic) bond motifs is 12. The molecule has 0 saturated carbocycles. The van der Waals surface area contributed by atoms with Crippen molar-refractivity contribution in [1.29, 1.82) is 0 Å². The van der Waals surface area contributed by atoms with E-state index in [4.69, 9.17) is 8.83 Å². The van der Waals surface area contributed by atoms with E-state index in [0.717, 1.165) is 66.5 Å². The van der Waals surface area contributed by atoms with Crippen LogP contribution >= 0.6 is 11.3 Å². The molecule has 3 nitrogen and oxygen atoms in total. The van der Waals surface area contributed by atoms with Gasteiger partial charge in [-0.3, -0.25) is 0 Å². The molecule has 0 fully saturated rings. The fourth-order valence-corrected chi connectivity index (χ4v) is 10.3. The molecule has 0 atom stereocenters. The quantitative estimate of drug-likeness (QED) is 0.181. The Morgan fingerprint density at radius 3 is 1.91 bits per heavy atom. The van der Waals surface area contributed by atoms with Gasteiger partial charge >= 0.3 is 0 Å². The summed E-state index contributed by atoms with van der Waals surface area (Å²) in [5.74, 6) is 0. The number of thiophene rings is 1. The maximum atomic E-state index is 6.76. The standard InChI is InChI=1S/C51H33NO2S/c1-51(2)41-15-8-6-13-34(41)35-23-20-32(26-42(35)51)52(43-16-10-18-49-50(43)38-14-7-9-17-48(38)55-49)33-21-24-37-40-29-46-39(28-47(40)54-45(37)27-33)36-22-19-31(25-44(36)53-46)30-11-4-3-5-12-30/h3-29H,1-2H3. The summed E-state index contributed by atoms with van der Waals surface area (Å²) >= 11 is 1.85. The Labute approximate surface area is 321 Å². The summed E-state index contributed by atoms with van der Waals surface area (Å²) < 4.78 is 15.8. The van der Waals surface area contributed by atoms with Crippen LogP contribution in [0.1, 0.15) is 25.0 Å². The minimum atomic E-state index is -0.123. The number of benzene rings is 8. The molecule has 12 rings (SSSR count). The summed E-state index contributed by atoms with van der Waals surface area (Å²) in [4.78, 5) is 2.43. The van der Waals surface area contributed by atoms with Gasteiger partial charge in [0.1, 0.15) is 22.3 Å². The van der Waals surface area contributed by atoms with Crippen molar-refractivity contribution < 1.29 is 8.83 Å². The zero-order valence-electron chi connectivity index (χ0n) is 30.3. The average molecular weight is 724 g/mol. The van der Waals surface area contributed by atoms with Gasteiger partial charge in [0.15, 0.2) is 0 Å². The molecule has 1 aliphatic carbocycles. The van der Waals surface area contributed by atoms with Gasteiger partial charge in [0.2, 0.25) is 0 Å². The Morgan fingerprint density at radius 2 is 1.07 bits per heavy atom. The first-order valence-corrected chi connectivity index (χ1v) is 19.6. The second kappa shape index (κ2) is 11.2. The molecule has 0 unspecified atom stereocenters. The third kappa shape index (κ3) is 4.43. The number of hydrogen-bond donors (Lipinski definition) is 0. The van der Waals surface area contributed by atoms with Crippen LogP contribution in [0.15, 0.2) is 173 Å². The molecule has 3 aromatic heterocycles. The van der Waals surface area contributed by atoms with E-state index < -0.39 is 0 Å². The van der Waals surface area contributed by atoms with Crippen molar-refractivity contribution >= 4 is 92.4 Å². The first-order valence-electron chi connectivity index (χ1n) is 18.8. The number of anilines is 3. The van der Waals surface area contributed by atoms with Crippen molar-refractivity contribution in [3.8, 4) is 22.3 Å². The summed E-state index contributed by atoms with van der Waals surface area (Å²) in [6.45, 7) is 4.70. The number of hydrogen-bond acceptors (Lipinski definition) is 4. The van der Waals surface area contributed by atoms with Gasteiger partial charge in [-0.15, -0.1) is 11.3 Å². The van der Waals surface area contributed by atoms with Crippen LogP contribution in [0.5, 0.6) is 0 Å². The van der Waals surface area contributed by atoms with E-state index in [1.807, 2.05) is 17.4 Å². The highest BCUT2D eigenvalue weighted by molar-refractivity contribution is 7.26. The topological polar surface area (TPSA) is 29.5 Å². The van der Waals surface area contributed by atoms with E-state index in [-0.39, 0.29) is 5.41 Å². The highest BCUT2D eigenvalue weighted by Gasteiger charge is 2.36. The largest absolute Gasteiger partial charge is 0.456 e. The Morgan fingerprint density at radius 1 is 0.436 bits per heavy atom. The lowest BCUT2D eigenvalue weighted by molar-refractivity contribution is 0.660. The molecule has 0 spiro atoms. The Bertz CT molecular complexity index is 3360. The highest BCUT2D eigenvalue weighted by Crippen LogP contribution is 2.52. The van der Waals surface area contributed by atoms with E-state index in [1.54, 1.807) is 0 Å². The maximum absolute atomic E-state index is 6.76. The second-order valence-electron chi connectivity index (χ2n) is 15.3. The van der Waals surface area contributed by atoms with Crippen LogP contribution in [0.2, 0.25) is 0 Å². The van der Waals surface area contributed by atoms with Crippen LogP contribution in [0.25, 0.3) is 86.3 Å². The van der Waals surface area contributed by atoms with Crippen LogP contribution in [-0.4, -0.2) is 0 Å². The van der Waals surface area contributed by atoms with E-state index in [0.29, 0.717) is 0 Å². The minimum absolute atomic E-state index is 0.123. The molecule has 0 saturated heterocycles. The van der Waals surface area contributed by atoms with Crippen LogP contribution in [0.4, 0.5) is 17.1 Å². The average Bonchev–Trinajstić information content (AvgIpc) is 3.95. The first-order chi connectivity index (χ1) is 27.0. The van der Waals surface area contributed by atoms with E-state index in [2.05, 4.69) is 176 Å². The molecular weight excluding hydrogens is 691 g/mol. The lowest BCUT2D eigenvalue weighted by Gasteiger charge is -2.28. The molecule has 4 heteroatoms. The molecule has 0 N–H and O–H groups in total. The van der Waals surface area contributed by atoms with Gasteiger partial charge in [0, 0.05) is 64.6 Å². The number of nitrogens with zero attached hydrogens (tertiary/aromatic N) is 1. The molecule has 11 aromatic rings. The van der Waals surface area contributed by atoms with Crippen molar-refractivity contribution in [3.63, 3.8) is 0 Å². The Hall–Kier alpha value is -6.62. The fraction of sp³-hybridized carbons (Fsp3) is 0.0588. The van der Waals surface area contributed by atoms with Crippen molar-refractivity contribution in [2.24, 2.45) is 0 Å². The summed E-state index contributed by atoms with van der Waals surface area (Å²) in [6, 6.07) is 59.2. The maximum Gasteiger partial charge on any atom is 0.137 e. The summed E-state index contributed by atoms with van der Waals surface area (Å²) in [5.41, 5.74) is 14.3. The minimum Gasteiger partial charge on any atom is -0.456 e. The smallest absolute Gasteiger partial charge is 0.137 e. The van der Waals surface area contributed by atoms with Gasteiger partial charge in [-0.25, -0.2) is 0 Å². The van der Waals surface area contributed by atoms with Gasteiger partial charge in [0.25, 0.3) is 0 Å². The van der Waals surface area contributed by atoms with Gasteiger partial charge in [0.05, 0.1) is 5.69 Å². The van der Waals surface area contributed by atoms with Crippen molar-refractivity contribution in [1.82, 2.24) is 0 Å². The van der Waals surface area contributed by atoms with Crippen LogP contribution in [-0.2, 0) is 5.41 Å². The van der Waals surface area contributed by atoms with Crippen LogP contribution < -0.4 is 4.90 Å². The van der Waals surface area contributed by atoms with Gasteiger partial charge < -0.3 is 13.7 Å². The van der Waals surface area contributed by atoms with E-state index >= 15 is 0 Å². The van der Waals surface area contributed by atoms with E-state index in [1.165, 1.54) is 48.0 Å². The predicted molar refractivity (Wildman–Crippen MR) is 232 cm³/mol. The van der Waals surface area contributed by atoms with E-state index in [9.17, 15) is 0 Å². The SMILES string of the molecule is CC1(C)c2ccccc2-c2ccc(N(c3ccc4c(c3)oc3cc5c(cc34)oc3cc(-c4ccccc4)ccc35)c3cccc4sc5ccccc5c34)cc21. The normalized spacial score (nSPS) is 13.4. The molecule has 0 radical (unpaired) electrons. The van der Waals surface area contributed by atoms with Gasteiger partial charge in [-0.1, -0.05) is 105 Å². The molecule has 8 aromatic carbocycles. The Balaban J connectivity index is 1.05. The highest BCUT2D eigenvalue weighted by atomic mass is 32.1. The number of rotatable bonds is 4. The first kappa shape index (κ1) is 30.8. The predicted octanol–water partition coefficient (Wildman–Crippen LogP) is 15.3. The van der Waals surface area contributed by atoms with Crippen molar-refractivity contribution in [2.75, 3.05) is 4.90 Å². The lowest BCUT2D eigenvalue weighted by Crippen LogP contribution is -2.16. The monoisotopic (exact) mass is 723 g/mol. The van der Waals surface area contributed by atoms with Crippen molar-refractivity contribution in [2.45, 2.75) is 19.3 Å². The van der Waals surface area contributed by atoms with Gasteiger partial charge in [-0.05, 0) is 100 Å². The molecule has 0 bridgehead atoms. The van der Waals surface area contributed by atoms with Gasteiger partial charge in [-0.2, -0.15) is 0 Å². The molecule has 0 aliphatic heterocycles. The summed E-state index contributed by atoms with van der Waals surface area (Å²) in [5, 5.41) is 6.79. The zero-order valence-corrected chi connectivity index (χ0v) is 31.1. The molecule has 260 valence electrons. The molecule has 3 heterocycles. The lowest BCUT2D eigenvalue weighted by atomic mass is 9.82. The van der Waals surface area contributed by atoms with Crippen molar-refractivity contribution in [3.05, 3.63) is 175 Å². The third-order valence-corrected chi connectivity index (χ3v) is 13.0. The summed E-state index contributed by atoms with van der Waals surface area (Å²) in [6.07, 6.45) is 0. The molecule has 1 aliphatic rings. The zero-order chi connectivity index (χ0) is 36.4. The molecule has 55 heavy (non-hydrogen) atoms. The number of furan rings is 2. The molecular formula is C51H33NO2S. The third-order valence-electron chi connectivity index (χ3n) is 11.9. The fourth-order valence-electron chi connectivity index (χ4n) is 9.18. The van der Waals surface area contributed by atoms with Crippen LogP contribution in [0.3, 0.4) is 0 Å².